The van der Waals surface area contributed by atoms with Crippen molar-refractivity contribution < 1.29 is 0 Å². The molecule has 0 atom stereocenters. The van der Waals surface area contributed by atoms with Gasteiger partial charge in [0.2, 0.25) is 0 Å². The van der Waals surface area contributed by atoms with E-state index >= 15 is 0 Å². The van der Waals surface area contributed by atoms with Crippen LogP contribution in [0.5, 0.6) is 0 Å². The summed E-state index contributed by atoms with van der Waals surface area (Å²) in [6, 6.07) is 65.3. The second kappa shape index (κ2) is 13.1. The fourth-order valence-electron chi connectivity index (χ4n) is 8.64. The van der Waals surface area contributed by atoms with Gasteiger partial charge >= 0.3 is 0 Å². The van der Waals surface area contributed by atoms with E-state index < -0.39 is 0 Å². The highest BCUT2D eigenvalue weighted by Gasteiger charge is 2.19. The van der Waals surface area contributed by atoms with Crippen LogP contribution in [0.1, 0.15) is 0 Å². The van der Waals surface area contributed by atoms with Crippen molar-refractivity contribution in [2.24, 2.45) is 0 Å². The summed E-state index contributed by atoms with van der Waals surface area (Å²) in [5.74, 6) is 0. The lowest BCUT2D eigenvalue weighted by Crippen LogP contribution is -2.09. The Morgan fingerprint density at radius 2 is 0.536 bits per heavy atom. The number of hydrogen-bond donors (Lipinski definition) is 0. The average Bonchev–Trinajstić information content (AvgIpc) is 3.28. The predicted octanol–water partition coefficient (Wildman–Crippen LogP) is 14.3. The summed E-state index contributed by atoms with van der Waals surface area (Å²) in [7, 11) is 0. The molecule has 0 radical (unpaired) electrons. The smallest absolute Gasteiger partial charge is 0.0468 e. The summed E-state index contributed by atoms with van der Waals surface area (Å²) in [4.78, 5) is 14.0. The number of hydrogen-bond acceptors (Lipinski definition) is 4. The maximum atomic E-state index is 4.68. The van der Waals surface area contributed by atoms with Gasteiger partial charge in [-0.2, -0.15) is 0 Å². The highest BCUT2D eigenvalue weighted by atomic mass is 15.1. The van der Waals surface area contributed by atoms with Crippen LogP contribution in [0.2, 0.25) is 0 Å². The van der Waals surface area contributed by atoms with Crippen LogP contribution in [0.3, 0.4) is 0 Å². The number of aromatic nitrogens is 2. The Kier molecular flexibility index (Phi) is 7.46. The van der Waals surface area contributed by atoms with Crippen LogP contribution >= 0.6 is 0 Å². The quantitative estimate of drug-likeness (QED) is 0.127. The molecular formula is C52H34N4. The van der Waals surface area contributed by atoms with E-state index in [1.54, 1.807) is 0 Å². The highest BCUT2D eigenvalue weighted by Crippen LogP contribution is 2.45. The summed E-state index contributed by atoms with van der Waals surface area (Å²) < 4.78 is 0. The third-order valence-corrected chi connectivity index (χ3v) is 11.1. The molecule has 0 spiro atoms. The van der Waals surface area contributed by atoms with Gasteiger partial charge in [-0.1, -0.05) is 84.9 Å². The molecule has 0 bridgehead atoms. The molecule has 0 aliphatic heterocycles. The second-order valence-electron chi connectivity index (χ2n) is 14.3. The van der Waals surface area contributed by atoms with Gasteiger partial charge in [-0.25, -0.2) is 0 Å². The molecule has 0 aliphatic rings. The molecule has 0 N–H and O–H groups in total. The number of pyridine rings is 2. The summed E-state index contributed by atoms with van der Waals surface area (Å²) >= 11 is 0. The molecule has 0 amide bonds. The van der Waals surface area contributed by atoms with Crippen LogP contribution in [-0.2, 0) is 0 Å². The molecule has 2 heterocycles. The van der Waals surface area contributed by atoms with Gasteiger partial charge in [-0.15, -0.1) is 0 Å². The minimum atomic E-state index is 1.10. The van der Waals surface area contributed by atoms with E-state index in [0.717, 1.165) is 44.9 Å². The van der Waals surface area contributed by atoms with E-state index in [9.17, 15) is 0 Å². The molecule has 56 heavy (non-hydrogen) atoms. The van der Waals surface area contributed by atoms with Gasteiger partial charge in [-0.05, 0) is 151 Å². The van der Waals surface area contributed by atoms with Crippen molar-refractivity contribution in [3.05, 3.63) is 207 Å². The topological polar surface area (TPSA) is 32.3 Å². The van der Waals surface area contributed by atoms with Crippen LogP contribution < -0.4 is 9.80 Å². The monoisotopic (exact) mass is 714 g/mol. The molecule has 0 saturated carbocycles. The molecule has 11 aromatic rings. The van der Waals surface area contributed by atoms with Crippen LogP contribution in [0.4, 0.5) is 34.1 Å². The van der Waals surface area contributed by atoms with Crippen molar-refractivity contribution in [3.8, 4) is 0 Å². The lowest BCUT2D eigenvalue weighted by Gasteiger charge is -2.26. The van der Waals surface area contributed by atoms with E-state index in [1.807, 2.05) is 24.8 Å². The van der Waals surface area contributed by atoms with Gasteiger partial charge in [0.15, 0.2) is 0 Å². The second-order valence-corrected chi connectivity index (χ2v) is 14.3. The van der Waals surface area contributed by atoms with Gasteiger partial charge in [0.05, 0.1) is 0 Å². The molecular weight excluding hydrogens is 681 g/mol. The minimum Gasteiger partial charge on any atom is -0.310 e. The molecule has 2 aromatic heterocycles. The lowest BCUT2D eigenvalue weighted by molar-refractivity contribution is 1.29. The van der Waals surface area contributed by atoms with E-state index in [2.05, 4.69) is 202 Å². The molecule has 0 saturated heterocycles. The standard InChI is InChI=1S/C52H34N4/c1-5-13-35(14-6-1)55(36-15-7-2-8-16-36)39-21-23-41-45(29-39)43-25-27-53-33-51(43)49-32-48-42-24-22-40(56(37-17-9-3-10-18-37)38-19-11-4-12-20-38)30-46(42)44-26-28-54-34-52(44)50(48)31-47(41)49/h1-34H. The molecule has 0 aliphatic carbocycles. The first-order valence-electron chi connectivity index (χ1n) is 19.0. The molecule has 11 rings (SSSR count). The Hall–Kier alpha value is -7.56. The van der Waals surface area contributed by atoms with Crippen LogP contribution in [0, 0.1) is 0 Å². The van der Waals surface area contributed by atoms with Crippen molar-refractivity contribution in [2.45, 2.75) is 0 Å². The SMILES string of the molecule is c1ccc(N(c2ccccc2)c2ccc3c(c2)c2ccncc2c2cc4c5ccc(N(c6ccccc6)c6ccccc6)cc5c5ccncc5c4cc32)cc1. The van der Waals surface area contributed by atoms with Crippen molar-refractivity contribution in [3.63, 3.8) is 0 Å². The van der Waals surface area contributed by atoms with E-state index in [4.69, 9.17) is 0 Å². The first-order valence-corrected chi connectivity index (χ1v) is 19.0. The molecule has 4 heteroatoms. The maximum absolute atomic E-state index is 4.68. The van der Waals surface area contributed by atoms with Gasteiger partial charge < -0.3 is 9.80 Å². The Morgan fingerprint density at radius 1 is 0.232 bits per heavy atom. The first kappa shape index (κ1) is 31.9. The third kappa shape index (κ3) is 5.15. The molecule has 4 nitrogen and oxygen atoms in total. The number of para-hydroxylation sites is 4. The average molecular weight is 715 g/mol. The zero-order chi connectivity index (χ0) is 37.0. The van der Waals surface area contributed by atoms with Crippen molar-refractivity contribution >= 4 is 98.8 Å². The summed E-state index contributed by atoms with van der Waals surface area (Å²) in [5.41, 5.74) is 6.65. The number of fused-ring (bicyclic) bond motifs is 12. The molecule has 262 valence electrons. The van der Waals surface area contributed by atoms with Gasteiger partial charge in [-0.3, -0.25) is 9.97 Å². The normalized spacial score (nSPS) is 11.6. The van der Waals surface area contributed by atoms with Crippen LogP contribution in [-0.4, -0.2) is 9.97 Å². The third-order valence-electron chi connectivity index (χ3n) is 11.1. The fourth-order valence-corrected chi connectivity index (χ4v) is 8.64. The zero-order valence-corrected chi connectivity index (χ0v) is 30.4. The first-order chi connectivity index (χ1) is 27.8. The molecule has 0 unspecified atom stereocenters. The molecule has 9 aromatic carbocycles. The Bertz CT molecular complexity index is 2940. The van der Waals surface area contributed by atoms with Crippen molar-refractivity contribution in [2.75, 3.05) is 9.80 Å². The summed E-state index contributed by atoms with van der Waals surface area (Å²) in [5, 5.41) is 14.2. The number of benzene rings is 9. The zero-order valence-electron chi connectivity index (χ0n) is 30.4. The molecule has 0 fully saturated rings. The van der Waals surface area contributed by atoms with Crippen LogP contribution in [0.25, 0.3) is 64.6 Å². The van der Waals surface area contributed by atoms with E-state index in [1.165, 1.54) is 53.9 Å². The summed E-state index contributed by atoms with van der Waals surface area (Å²) in [6.45, 7) is 0. The fraction of sp³-hybridized carbons (Fsp3) is 0. The Morgan fingerprint density at radius 3 is 0.893 bits per heavy atom. The summed E-state index contributed by atoms with van der Waals surface area (Å²) in [6.07, 6.45) is 7.88. The van der Waals surface area contributed by atoms with Crippen molar-refractivity contribution in [1.29, 1.82) is 0 Å². The van der Waals surface area contributed by atoms with E-state index in [0.29, 0.717) is 0 Å². The van der Waals surface area contributed by atoms with Gasteiger partial charge in [0.1, 0.15) is 0 Å². The highest BCUT2D eigenvalue weighted by molar-refractivity contribution is 6.33. The Labute approximate surface area is 324 Å². The largest absolute Gasteiger partial charge is 0.310 e. The lowest BCUT2D eigenvalue weighted by atomic mass is 9.89. The Balaban J connectivity index is 1.18. The van der Waals surface area contributed by atoms with Crippen LogP contribution in [0.15, 0.2) is 207 Å². The minimum absolute atomic E-state index is 1.10. The van der Waals surface area contributed by atoms with Gasteiger partial charge in [0.25, 0.3) is 0 Å². The van der Waals surface area contributed by atoms with Crippen molar-refractivity contribution in [1.82, 2.24) is 9.97 Å². The number of anilines is 6. The van der Waals surface area contributed by atoms with E-state index in [-0.39, 0.29) is 0 Å². The van der Waals surface area contributed by atoms with Gasteiger partial charge in [0, 0.05) is 69.7 Å². The maximum Gasteiger partial charge on any atom is 0.0468 e. The predicted molar refractivity (Wildman–Crippen MR) is 236 cm³/mol. The number of nitrogens with zero attached hydrogens (tertiary/aromatic N) is 4. The number of rotatable bonds is 6.